The highest BCUT2D eigenvalue weighted by molar-refractivity contribution is 5.98. The fourth-order valence-electron chi connectivity index (χ4n) is 3.50. The molecule has 1 aliphatic heterocycles. The molecule has 3 aromatic rings. The highest BCUT2D eigenvalue weighted by Crippen LogP contribution is 2.19. The number of aromatic amines is 1. The molecule has 4 rings (SSSR count). The summed E-state index contributed by atoms with van der Waals surface area (Å²) in [4.78, 5) is 36.6. The van der Waals surface area contributed by atoms with Crippen LogP contribution in [-0.4, -0.2) is 64.4 Å². The average Bonchev–Trinajstić information content (AvgIpc) is 3.15. The molecule has 29 heavy (non-hydrogen) atoms. The minimum atomic E-state index is -0.0399. The molecule has 150 valence electrons. The van der Waals surface area contributed by atoms with E-state index in [1.807, 2.05) is 44.2 Å². The Morgan fingerprint density at radius 3 is 2.17 bits per heavy atom. The number of hydrogen-bond donors (Lipinski definition) is 1. The van der Waals surface area contributed by atoms with E-state index < -0.39 is 0 Å². The second-order valence-electron chi connectivity index (χ2n) is 7.16. The van der Waals surface area contributed by atoms with Crippen LogP contribution in [0.2, 0.25) is 0 Å². The monoisotopic (exact) mass is 392 g/mol. The maximum atomic E-state index is 12.9. The van der Waals surface area contributed by atoms with Crippen molar-refractivity contribution in [2.45, 2.75) is 13.8 Å². The Hall–Kier alpha value is -3.35. The molecule has 1 N–H and O–H groups in total. The molecule has 2 heterocycles. The summed E-state index contributed by atoms with van der Waals surface area (Å²) in [6.45, 7) is 6.50. The van der Waals surface area contributed by atoms with E-state index in [0.717, 1.165) is 16.6 Å². The van der Waals surface area contributed by atoms with Crippen molar-refractivity contribution >= 4 is 22.8 Å². The van der Waals surface area contributed by atoms with Crippen molar-refractivity contribution in [3.8, 4) is 6.01 Å². The summed E-state index contributed by atoms with van der Waals surface area (Å²) in [6.07, 6.45) is 0. The molecule has 0 saturated carbocycles. The van der Waals surface area contributed by atoms with E-state index in [1.165, 1.54) is 0 Å². The van der Waals surface area contributed by atoms with Gasteiger partial charge in [0.25, 0.3) is 17.8 Å². The lowest BCUT2D eigenvalue weighted by molar-refractivity contribution is 0.0535. The Labute approximate surface area is 169 Å². The maximum absolute atomic E-state index is 12.9. The molecule has 7 heteroatoms. The number of nitrogens with one attached hydrogen (secondary N) is 1. The topological polar surface area (TPSA) is 78.5 Å². The Morgan fingerprint density at radius 2 is 1.55 bits per heavy atom. The van der Waals surface area contributed by atoms with Crippen LogP contribution in [0.25, 0.3) is 11.0 Å². The van der Waals surface area contributed by atoms with Gasteiger partial charge in [-0.1, -0.05) is 17.7 Å². The molecule has 0 radical (unpaired) electrons. The van der Waals surface area contributed by atoms with Crippen molar-refractivity contribution in [2.75, 3.05) is 32.8 Å². The van der Waals surface area contributed by atoms with Gasteiger partial charge in [0.15, 0.2) is 0 Å². The average molecular weight is 392 g/mol. The Balaban J connectivity index is 1.41. The number of benzene rings is 2. The molecule has 2 amide bonds. The van der Waals surface area contributed by atoms with E-state index >= 15 is 0 Å². The van der Waals surface area contributed by atoms with Crippen LogP contribution in [0.15, 0.2) is 42.5 Å². The Bertz CT molecular complexity index is 1030. The minimum Gasteiger partial charge on any atom is -0.465 e. The third-order valence-corrected chi connectivity index (χ3v) is 5.14. The van der Waals surface area contributed by atoms with E-state index in [-0.39, 0.29) is 11.8 Å². The van der Waals surface area contributed by atoms with E-state index in [0.29, 0.717) is 49.9 Å². The zero-order valence-corrected chi connectivity index (χ0v) is 16.6. The van der Waals surface area contributed by atoms with E-state index in [1.54, 1.807) is 21.9 Å². The zero-order valence-electron chi connectivity index (χ0n) is 16.6. The van der Waals surface area contributed by atoms with Crippen LogP contribution in [0.4, 0.5) is 0 Å². The Kier molecular flexibility index (Phi) is 5.20. The standard InChI is InChI=1S/C22H24N4O3/c1-3-29-22-23-18-9-8-17(14-19(18)24-22)21(28)26-12-10-25(11-13-26)20(27)16-6-4-15(2)5-7-16/h4-9,14H,3,10-13H2,1-2H3,(H,23,24). The second-order valence-corrected chi connectivity index (χ2v) is 7.16. The lowest BCUT2D eigenvalue weighted by Crippen LogP contribution is -2.50. The van der Waals surface area contributed by atoms with Crippen molar-refractivity contribution in [2.24, 2.45) is 0 Å². The normalized spacial score (nSPS) is 14.3. The number of aromatic nitrogens is 2. The molecule has 1 aromatic heterocycles. The number of H-pyrrole nitrogens is 1. The van der Waals surface area contributed by atoms with Gasteiger partial charge in [-0.05, 0) is 44.2 Å². The molecular weight excluding hydrogens is 368 g/mol. The molecular formula is C22H24N4O3. The fraction of sp³-hybridized carbons (Fsp3) is 0.318. The van der Waals surface area contributed by atoms with Gasteiger partial charge in [0.1, 0.15) is 0 Å². The molecule has 1 aliphatic rings. The van der Waals surface area contributed by atoms with Crippen LogP contribution in [0.1, 0.15) is 33.2 Å². The van der Waals surface area contributed by atoms with Crippen molar-refractivity contribution in [1.82, 2.24) is 19.8 Å². The maximum Gasteiger partial charge on any atom is 0.294 e. The van der Waals surface area contributed by atoms with Crippen LogP contribution in [0.5, 0.6) is 6.01 Å². The summed E-state index contributed by atoms with van der Waals surface area (Å²) in [7, 11) is 0. The molecule has 0 bridgehead atoms. The third-order valence-electron chi connectivity index (χ3n) is 5.14. The van der Waals surface area contributed by atoms with Crippen LogP contribution < -0.4 is 4.74 Å². The van der Waals surface area contributed by atoms with Crippen LogP contribution >= 0.6 is 0 Å². The highest BCUT2D eigenvalue weighted by Gasteiger charge is 2.25. The lowest BCUT2D eigenvalue weighted by Gasteiger charge is -2.35. The van der Waals surface area contributed by atoms with Crippen LogP contribution in [-0.2, 0) is 0 Å². The number of nitrogens with zero attached hydrogens (tertiary/aromatic N) is 3. The SMILES string of the molecule is CCOc1nc2ccc(C(=O)N3CCN(C(=O)c4ccc(C)cc4)CC3)cc2[nH]1. The quantitative estimate of drug-likeness (QED) is 0.741. The third kappa shape index (κ3) is 3.94. The number of carbonyl (C=O) groups is 2. The first-order chi connectivity index (χ1) is 14.0. The summed E-state index contributed by atoms with van der Waals surface area (Å²) in [5.74, 6) is -0.0265. The van der Waals surface area contributed by atoms with Crippen molar-refractivity contribution < 1.29 is 14.3 Å². The second kappa shape index (κ2) is 7.95. The predicted octanol–water partition coefficient (Wildman–Crippen LogP) is 2.87. The van der Waals surface area contributed by atoms with Gasteiger partial charge >= 0.3 is 0 Å². The highest BCUT2D eigenvalue weighted by atomic mass is 16.5. The summed E-state index contributed by atoms with van der Waals surface area (Å²) in [5, 5.41) is 0. The fourth-order valence-corrected chi connectivity index (χ4v) is 3.50. The summed E-state index contributed by atoms with van der Waals surface area (Å²) < 4.78 is 5.39. The lowest BCUT2D eigenvalue weighted by atomic mass is 10.1. The summed E-state index contributed by atoms with van der Waals surface area (Å²) >= 11 is 0. The van der Waals surface area contributed by atoms with Gasteiger partial charge in [-0.25, -0.2) is 0 Å². The number of fused-ring (bicyclic) bond motifs is 1. The van der Waals surface area contributed by atoms with Gasteiger partial charge in [-0.15, -0.1) is 0 Å². The van der Waals surface area contributed by atoms with Crippen molar-refractivity contribution in [3.63, 3.8) is 0 Å². The predicted molar refractivity (Wildman–Crippen MR) is 110 cm³/mol. The molecule has 7 nitrogen and oxygen atoms in total. The number of rotatable bonds is 4. The molecule has 2 aromatic carbocycles. The number of carbonyl (C=O) groups excluding carboxylic acids is 2. The first-order valence-corrected chi connectivity index (χ1v) is 9.83. The largest absolute Gasteiger partial charge is 0.465 e. The van der Waals surface area contributed by atoms with Crippen molar-refractivity contribution in [1.29, 1.82) is 0 Å². The van der Waals surface area contributed by atoms with E-state index in [2.05, 4.69) is 9.97 Å². The van der Waals surface area contributed by atoms with Crippen molar-refractivity contribution in [3.05, 3.63) is 59.2 Å². The molecule has 1 saturated heterocycles. The number of piperazine rings is 1. The number of aryl methyl sites for hydroxylation is 1. The summed E-state index contributed by atoms with van der Waals surface area (Å²) in [5.41, 5.74) is 3.94. The summed E-state index contributed by atoms with van der Waals surface area (Å²) in [6, 6.07) is 13.4. The first kappa shape index (κ1) is 19.0. The van der Waals surface area contributed by atoms with Gasteiger partial charge in [-0.2, -0.15) is 4.98 Å². The van der Waals surface area contributed by atoms with Gasteiger partial charge in [0.05, 0.1) is 17.6 Å². The van der Waals surface area contributed by atoms with Gasteiger partial charge in [0, 0.05) is 37.3 Å². The van der Waals surface area contributed by atoms with E-state index in [9.17, 15) is 9.59 Å². The van der Waals surface area contributed by atoms with Crippen LogP contribution in [0, 0.1) is 6.92 Å². The van der Waals surface area contributed by atoms with Gasteiger partial charge < -0.3 is 19.5 Å². The smallest absolute Gasteiger partial charge is 0.294 e. The molecule has 1 fully saturated rings. The number of imidazole rings is 1. The van der Waals surface area contributed by atoms with Crippen LogP contribution in [0.3, 0.4) is 0 Å². The number of ether oxygens (including phenoxy) is 1. The Morgan fingerprint density at radius 1 is 0.966 bits per heavy atom. The van der Waals surface area contributed by atoms with Gasteiger partial charge in [-0.3, -0.25) is 9.59 Å². The van der Waals surface area contributed by atoms with Gasteiger partial charge in [0.2, 0.25) is 0 Å². The number of amides is 2. The van der Waals surface area contributed by atoms with E-state index in [4.69, 9.17) is 4.74 Å². The molecule has 0 spiro atoms. The molecule has 0 unspecified atom stereocenters. The minimum absolute atomic E-state index is 0.0134. The number of hydrogen-bond acceptors (Lipinski definition) is 4. The molecule has 0 aliphatic carbocycles. The first-order valence-electron chi connectivity index (χ1n) is 9.83. The molecule has 0 atom stereocenters. The zero-order chi connectivity index (χ0) is 20.4.